The first-order valence-corrected chi connectivity index (χ1v) is 8.18. The molecule has 134 valence electrons. The van der Waals surface area contributed by atoms with Crippen LogP contribution in [0.15, 0.2) is 35.2 Å². The van der Waals surface area contributed by atoms with E-state index in [0.717, 1.165) is 30.3 Å². The highest BCUT2D eigenvalue weighted by Gasteiger charge is 2.57. The van der Waals surface area contributed by atoms with Crippen molar-refractivity contribution < 1.29 is 35.3 Å². The molecular formula is C15H7ClF6O2S. The van der Waals surface area contributed by atoms with E-state index in [1.165, 1.54) is 0 Å². The summed E-state index contributed by atoms with van der Waals surface area (Å²) >= 11 is 5.63. The third-order valence-electron chi connectivity index (χ3n) is 3.47. The highest BCUT2D eigenvalue weighted by atomic mass is 35.5. The fourth-order valence-corrected chi connectivity index (χ4v) is 4.00. The molecule has 0 N–H and O–H groups in total. The van der Waals surface area contributed by atoms with Gasteiger partial charge in [0, 0.05) is 16.7 Å². The van der Waals surface area contributed by atoms with Gasteiger partial charge in [-0.3, -0.25) is 0 Å². The molecule has 1 aliphatic rings. The fraction of sp³-hybridized carbons (Fsp3) is 0.200. The van der Waals surface area contributed by atoms with Crippen molar-refractivity contribution in [2.75, 3.05) is 0 Å². The molecule has 2 aromatic carbocycles. The highest BCUT2D eigenvalue weighted by Crippen LogP contribution is 2.53. The van der Waals surface area contributed by atoms with Gasteiger partial charge in [-0.1, -0.05) is 17.7 Å². The lowest BCUT2D eigenvalue weighted by Crippen LogP contribution is -2.22. The molecule has 0 fully saturated rings. The van der Waals surface area contributed by atoms with Crippen LogP contribution in [-0.2, 0) is 10.8 Å². The first-order chi connectivity index (χ1) is 11.6. The second-order valence-electron chi connectivity index (χ2n) is 5.10. The van der Waals surface area contributed by atoms with Crippen molar-refractivity contribution in [2.24, 2.45) is 0 Å². The van der Waals surface area contributed by atoms with Crippen LogP contribution in [0.4, 0.5) is 26.3 Å². The zero-order valence-corrected chi connectivity index (χ0v) is 13.5. The smallest absolute Gasteiger partial charge is 0.360 e. The summed E-state index contributed by atoms with van der Waals surface area (Å²) < 4.78 is 98.0. The Morgan fingerprint density at radius 3 is 2.48 bits per heavy atom. The van der Waals surface area contributed by atoms with Gasteiger partial charge in [-0.25, -0.2) is 21.8 Å². The zero-order valence-electron chi connectivity index (χ0n) is 11.9. The Bertz CT molecular complexity index is 853. The van der Waals surface area contributed by atoms with E-state index in [9.17, 15) is 30.6 Å². The molecule has 0 radical (unpaired) electrons. The van der Waals surface area contributed by atoms with Crippen LogP contribution in [-0.4, -0.2) is 9.46 Å². The molecule has 0 aromatic heterocycles. The molecule has 2 atom stereocenters. The predicted molar refractivity (Wildman–Crippen MR) is 78.1 cm³/mol. The number of ether oxygens (including phenoxy) is 1. The van der Waals surface area contributed by atoms with Crippen LogP contribution in [0.25, 0.3) is 0 Å². The minimum absolute atomic E-state index is 0.0892. The van der Waals surface area contributed by atoms with Crippen molar-refractivity contribution in [2.45, 2.75) is 22.7 Å². The molecule has 0 amide bonds. The van der Waals surface area contributed by atoms with E-state index in [-0.39, 0.29) is 10.8 Å². The molecule has 25 heavy (non-hydrogen) atoms. The van der Waals surface area contributed by atoms with Crippen LogP contribution in [0.2, 0.25) is 5.02 Å². The van der Waals surface area contributed by atoms with Gasteiger partial charge >= 0.3 is 5.25 Å². The van der Waals surface area contributed by atoms with Gasteiger partial charge in [0.15, 0.2) is 0 Å². The molecule has 2 aromatic rings. The summed E-state index contributed by atoms with van der Waals surface area (Å²) in [6.45, 7) is 0. The lowest BCUT2D eigenvalue weighted by Gasteiger charge is -2.14. The molecule has 1 unspecified atom stereocenters. The molecule has 1 heterocycles. The van der Waals surface area contributed by atoms with Crippen molar-refractivity contribution in [1.82, 2.24) is 0 Å². The second kappa shape index (κ2) is 6.21. The molecule has 1 aliphatic heterocycles. The van der Waals surface area contributed by atoms with Crippen LogP contribution in [0, 0.1) is 5.82 Å². The van der Waals surface area contributed by atoms with Crippen molar-refractivity contribution >= 4 is 22.4 Å². The Morgan fingerprint density at radius 1 is 1.20 bits per heavy atom. The second-order valence-corrected chi connectivity index (χ2v) is 7.02. The third kappa shape index (κ3) is 2.99. The summed E-state index contributed by atoms with van der Waals surface area (Å²) in [6.07, 6.45) is -6.35. The maximum absolute atomic E-state index is 13.8. The molecule has 2 nitrogen and oxygen atoms in total. The normalized spacial score (nSPS) is 21.4. The van der Waals surface area contributed by atoms with Crippen molar-refractivity contribution in [3.63, 3.8) is 0 Å². The van der Waals surface area contributed by atoms with Crippen LogP contribution in [0.1, 0.15) is 23.7 Å². The van der Waals surface area contributed by atoms with Gasteiger partial charge in [-0.05, 0) is 18.2 Å². The predicted octanol–water partition coefficient (Wildman–Crippen LogP) is 5.93. The van der Waals surface area contributed by atoms with Crippen molar-refractivity contribution in [1.29, 1.82) is 0 Å². The van der Waals surface area contributed by atoms with Gasteiger partial charge in [0.1, 0.15) is 28.1 Å². The maximum Gasteiger partial charge on any atom is 0.360 e. The van der Waals surface area contributed by atoms with Gasteiger partial charge in [0.25, 0.3) is 6.43 Å². The van der Waals surface area contributed by atoms with Crippen LogP contribution in [0.5, 0.6) is 11.5 Å². The molecule has 0 bridgehead atoms. The highest BCUT2D eigenvalue weighted by molar-refractivity contribution is 7.86. The topological polar surface area (TPSA) is 26.3 Å². The Balaban J connectivity index is 2.14. The summed E-state index contributed by atoms with van der Waals surface area (Å²) in [7, 11) is -3.32. The summed E-state index contributed by atoms with van der Waals surface area (Å²) in [5, 5.41) is -4.42. The van der Waals surface area contributed by atoms with Gasteiger partial charge < -0.3 is 4.74 Å². The fourth-order valence-electron chi connectivity index (χ4n) is 2.43. The molecule has 0 aliphatic carbocycles. The van der Waals surface area contributed by atoms with Crippen LogP contribution < -0.4 is 4.74 Å². The lowest BCUT2D eigenvalue weighted by molar-refractivity contribution is 0.0143. The van der Waals surface area contributed by atoms with Crippen LogP contribution >= 0.6 is 11.6 Å². The zero-order chi connectivity index (χ0) is 18.5. The van der Waals surface area contributed by atoms with Gasteiger partial charge in [0.2, 0.25) is 6.17 Å². The summed E-state index contributed by atoms with van der Waals surface area (Å²) in [6, 6.07) is 4.51. The van der Waals surface area contributed by atoms with Gasteiger partial charge in [0.05, 0.1) is 10.5 Å². The number of fused-ring (bicyclic) bond motifs is 1. The number of halogens is 7. The Kier molecular flexibility index (Phi) is 4.48. The Hall–Kier alpha value is -1.74. The molecular weight excluding hydrogens is 394 g/mol. The number of alkyl halides is 5. The van der Waals surface area contributed by atoms with Gasteiger partial charge in [-0.15, -0.1) is 0 Å². The van der Waals surface area contributed by atoms with Crippen LogP contribution in [0.3, 0.4) is 0 Å². The van der Waals surface area contributed by atoms with Crippen molar-refractivity contribution in [3.05, 3.63) is 52.3 Å². The summed E-state index contributed by atoms with van der Waals surface area (Å²) in [5.41, 5.74) is -1.92. The van der Waals surface area contributed by atoms with E-state index in [2.05, 4.69) is 0 Å². The number of benzene rings is 2. The summed E-state index contributed by atoms with van der Waals surface area (Å²) in [5.74, 6) is -1.74. The Labute approximate surface area is 144 Å². The Morgan fingerprint density at radius 2 is 1.88 bits per heavy atom. The molecule has 10 heteroatoms. The molecule has 0 saturated carbocycles. The standard InChI is InChI=1S/C15H7ClF6O2S/c16-6-3-7(17)5-8(4-6)24-10-2-1-9-12(11(10)14(19)20)25(23)15(21,22)13(9)18/h1-5,13-14H/t13-,25?/m0/s1. The quantitative estimate of drug-likeness (QED) is 0.596. The SMILES string of the molecule is O=S1c2c(ccc(Oc3cc(F)cc(Cl)c3)c2C(F)F)[C@H](F)C1(F)F. The first kappa shape index (κ1) is 18.1. The third-order valence-corrected chi connectivity index (χ3v) is 5.22. The molecule has 0 saturated heterocycles. The molecule has 0 spiro atoms. The summed E-state index contributed by atoms with van der Waals surface area (Å²) in [4.78, 5) is -1.01. The van der Waals surface area contributed by atoms with Crippen molar-refractivity contribution in [3.8, 4) is 11.5 Å². The minimum atomic E-state index is -4.33. The maximum atomic E-state index is 13.8. The van der Waals surface area contributed by atoms with E-state index in [1.807, 2.05) is 0 Å². The number of hydrogen-bond acceptors (Lipinski definition) is 2. The van der Waals surface area contributed by atoms with E-state index < -0.39 is 56.2 Å². The average molecular weight is 401 g/mol. The number of rotatable bonds is 3. The van der Waals surface area contributed by atoms with Gasteiger partial charge in [-0.2, -0.15) is 8.78 Å². The number of hydrogen-bond donors (Lipinski definition) is 0. The first-order valence-electron chi connectivity index (χ1n) is 6.65. The van der Waals surface area contributed by atoms with E-state index in [0.29, 0.717) is 0 Å². The monoisotopic (exact) mass is 400 g/mol. The van der Waals surface area contributed by atoms with E-state index in [1.54, 1.807) is 0 Å². The largest absolute Gasteiger partial charge is 0.457 e. The minimum Gasteiger partial charge on any atom is -0.457 e. The van der Waals surface area contributed by atoms with E-state index in [4.69, 9.17) is 16.3 Å². The molecule has 3 rings (SSSR count). The lowest BCUT2D eigenvalue weighted by atomic mass is 10.1. The van der Waals surface area contributed by atoms with E-state index >= 15 is 0 Å². The average Bonchev–Trinajstić information content (AvgIpc) is 2.67.